The fourth-order valence-electron chi connectivity index (χ4n) is 5.91. The standard InChI is InChI=1S/C23H25N7O4/c1-24-14-8-17(26-13-4-3-7-29(22(13)32)23-11-10-34-19(23)18(11)23)28-30-15(9-25-20(14)30)21(31)27-12-5-6-16(12)33-2/h3-4,7-9,11-12,16,18-19,24H,5-6,10H2,1-2H3,(H,26,28)(H,27,31)/t11-,12?,16+,18-,19?,23-/m1/s1. The fraction of sp³-hybridized carbons (Fsp3) is 0.478. The van der Waals surface area contributed by atoms with Crippen molar-refractivity contribution in [2.24, 2.45) is 11.8 Å². The van der Waals surface area contributed by atoms with E-state index in [0.29, 0.717) is 40.4 Å². The lowest BCUT2D eigenvalue weighted by Crippen LogP contribution is -2.51. The van der Waals surface area contributed by atoms with Gasteiger partial charge < -0.3 is 30.0 Å². The van der Waals surface area contributed by atoms with E-state index < -0.39 is 0 Å². The van der Waals surface area contributed by atoms with Gasteiger partial charge in [-0.05, 0) is 25.0 Å². The van der Waals surface area contributed by atoms with Crippen LogP contribution >= 0.6 is 0 Å². The minimum Gasteiger partial charge on any atom is -0.385 e. The number of nitrogens with one attached hydrogen (secondary N) is 3. The number of carbonyl (C=O) groups excluding carboxylic acids is 1. The maximum Gasteiger partial charge on any atom is 0.274 e. The van der Waals surface area contributed by atoms with Gasteiger partial charge in [-0.15, -0.1) is 5.10 Å². The Morgan fingerprint density at radius 2 is 2.21 bits per heavy atom. The molecule has 2 unspecified atom stereocenters. The van der Waals surface area contributed by atoms with Crippen molar-refractivity contribution in [3.8, 4) is 0 Å². The molecule has 2 saturated heterocycles. The van der Waals surface area contributed by atoms with Crippen LogP contribution in [0.25, 0.3) is 5.65 Å². The van der Waals surface area contributed by atoms with Gasteiger partial charge in [-0.2, -0.15) is 0 Å². The smallest absolute Gasteiger partial charge is 0.274 e. The normalized spacial score (nSPS) is 32.1. The van der Waals surface area contributed by atoms with Crippen LogP contribution in [0.3, 0.4) is 0 Å². The number of anilines is 3. The molecule has 11 heteroatoms. The van der Waals surface area contributed by atoms with E-state index in [-0.39, 0.29) is 35.3 Å². The molecular formula is C23H25N7O4. The number of methoxy groups -OCH3 is 1. The number of imidazole rings is 1. The summed E-state index contributed by atoms with van der Waals surface area (Å²) in [7, 11) is 3.42. The van der Waals surface area contributed by atoms with Crippen LogP contribution in [0, 0.1) is 11.8 Å². The predicted molar refractivity (Wildman–Crippen MR) is 122 cm³/mol. The fourth-order valence-corrected chi connectivity index (χ4v) is 5.91. The van der Waals surface area contributed by atoms with Gasteiger partial charge in [-0.1, -0.05) is 0 Å². The van der Waals surface area contributed by atoms with Gasteiger partial charge in [0.25, 0.3) is 11.5 Å². The van der Waals surface area contributed by atoms with Crippen molar-refractivity contribution in [2.75, 3.05) is 31.4 Å². The Labute approximate surface area is 194 Å². The number of nitrogens with zero attached hydrogens (tertiary/aromatic N) is 4. The van der Waals surface area contributed by atoms with Crippen molar-refractivity contribution in [1.29, 1.82) is 0 Å². The maximum atomic E-state index is 13.3. The summed E-state index contributed by atoms with van der Waals surface area (Å²) in [5, 5.41) is 13.9. The van der Waals surface area contributed by atoms with E-state index in [9.17, 15) is 9.59 Å². The van der Waals surface area contributed by atoms with Crippen LogP contribution in [0.4, 0.5) is 17.2 Å². The third-order valence-corrected chi connectivity index (χ3v) is 8.01. The lowest BCUT2D eigenvalue weighted by Gasteiger charge is -2.35. The van der Waals surface area contributed by atoms with Crippen LogP contribution in [0.5, 0.6) is 0 Å². The van der Waals surface area contributed by atoms with E-state index in [1.165, 1.54) is 10.7 Å². The van der Waals surface area contributed by atoms with E-state index in [0.717, 1.165) is 19.4 Å². The molecule has 1 amide bonds. The number of hydrogen-bond acceptors (Lipinski definition) is 8. The van der Waals surface area contributed by atoms with Gasteiger partial charge in [0.2, 0.25) is 0 Å². The molecule has 3 aromatic heterocycles. The molecule has 3 aromatic rings. The van der Waals surface area contributed by atoms with Crippen molar-refractivity contribution >= 4 is 28.7 Å². The molecule has 0 aromatic carbocycles. The molecule has 5 fully saturated rings. The lowest BCUT2D eigenvalue weighted by atomic mass is 9.89. The molecule has 11 nitrogen and oxygen atoms in total. The maximum absolute atomic E-state index is 13.3. The average molecular weight is 463 g/mol. The van der Waals surface area contributed by atoms with E-state index in [4.69, 9.17) is 9.47 Å². The molecule has 2 bridgehead atoms. The molecule has 3 N–H and O–H groups in total. The van der Waals surface area contributed by atoms with E-state index in [2.05, 4.69) is 26.0 Å². The summed E-state index contributed by atoms with van der Waals surface area (Å²) < 4.78 is 14.4. The third-order valence-electron chi connectivity index (χ3n) is 8.01. The second kappa shape index (κ2) is 6.80. The Hall–Kier alpha value is -3.44. The van der Waals surface area contributed by atoms with Crippen LogP contribution < -0.4 is 21.5 Å². The Morgan fingerprint density at radius 1 is 1.32 bits per heavy atom. The van der Waals surface area contributed by atoms with Gasteiger partial charge in [-0.25, -0.2) is 9.50 Å². The topological polar surface area (TPSA) is 124 Å². The summed E-state index contributed by atoms with van der Waals surface area (Å²) in [5.41, 5.74) is 1.70. The lowest BCUT2D eigenvalue weighted by molar-refractivity contribution is 0.00718. The summed E-state index contributed by atoms with van der Waals surface area (Å²) in [6, 6.07) is 5.36. The van der Waals surface area contributed by atoms with Crippen molar-refractivity contribution < 1.29 is 14.3 Å². The van der Waals surface area contributed by atoms with Gasteiger partial charge in [0, 0.05) is 38.3 Å². The Bertz CT molecular complexity index is 1370. The first-order valence-corrected chi connectivity index (χ1v) is 11.6. The van der Waals surface area contributed by atoms with Crippen LogP contribution in [-0.2, 0) is 15.0 Å². The van der Waals surface area contributed by atoms with Gasteiger partial charge >= 0.3 is 0 Å². The molecule has 5 aliphatic rings. The van der Waals surface area contributed by atoms with Crippen LogP contribution in [0.1, 0.15) is 23.3 Å². The molecule has 8 rings (SSSR count). The number of rotatable bonds is 7. The largest absolute Gasteiger partial charge is 0.385 e. The summed E-state index contributed by atoms with van der Waals surface area (Å²) in [5.74, 6) is 1.09. The average Bonchev–Trinajstić information content (AvgIpc) is 3.34. The molecule has 3 aliphatic carbocycles. The highest BCUT2D eigenvalue weighted by molar-refractivity contribution is 5.94. The number of amides is 1. The summed E-state index contributed by atoms with van der Waals surface area (Å²) in [6.45, 7) is 0.737. The Balaban J connectivity index is 1.21. The predicted octanol–water partition coefficient (Wildman–Crippen LogP) is 0.937. The molecule has 34 heavy (non-hydrogen) atoms. The Morgan fingerprint density at radius 3 is 2.88 bits per heavy atom. The first kappa shape index (κ1) is 20.0. The highest BCUT2D eigenvalue weighted by Crippen LogP contribution is 2.82. The second-order valence-corrected chi connectivity index (χ2v) is 9.50. The number of hydrogen-bond donors (Lipinski definition) is 3. The van der Waals surface area contributed by atoms with Gasteiger partial charge in [0.1, 0.15) is 5.69 Å². The molecule has 176 valence electrons. The Kier molecular flexibility index (Phi) is 3.99. The van der Waals surface area contributed by atoms with Gasteiger partial charge in [0.05, 0.1) is 42.3 Å². The van der Waals surface area contributed by atoms with Gasteiger partial charge in [0.15, 0.2) is 17.2 Å². The second-order valence-electron chi connectivity index (χ2n) is 9.50. The van der Waals surface area contributed by atoms with Gasteiger partial charge in [-0.3, -0.25) is 9.59 Å². The van der Waals surface area contributed by atoms with Crippen LogP contribution in [-0.4, -0.2) is 64.1 Å². The monoisotopic (exact) mass is 463 g/mol. The zero-order valence-electron chi connectivity index (χ0n) is 18.8. The third kappa shape index (κ3) is 2.48. The number of aromatic nitrogens is 4. The highest BCUT2D eigenvalue weighted by atomic mass is 16.5. The number of carbonyl (C=O) groups is 1. The SMILES string of the molecule is CNc1cc(Nc2cccn([C@]34C5OC[C@@H]3[C@H]54)c2=O)nn2c(C(=O)NC3CC[C@@H]3OC)cnc12. The first-order valence-electron chi connectivity index (χ1n) is 11.6. The molecule has 0 spiro atoms. The first-order chi connectivity index (χ1) is 16.6. The summed E-state index contributed by atoms with van der Waals surface area (Å²) >= 11 is 0. The van der Waals surface area contributed by atoms with Crippen molar-refractivity contribution in [3.05, 3.63) is 46.6 Å². The number of pyridine rings is 1. The minimum absolute atomic E-state index is 0.0248. The van der Waals surface area contributed by atoms with Crippen molar-refractivity contribution in [2.45, 2.75) is 36.6 Å². The van der Waals surface area contributed by atoms with Crippen LogP contribution in [0.15, 0.2) is 35.4 Å². The molecule has 0 radical (unpaired) electrons. The zero-order valence-corrected chi connectivity index (χ0v) is 18.8. The van der Waals surface area contributed by atoms with Crippen LogP contribution in [0.2, 0.25) is 0 Å². The molecule has 6 atom stereocenters. The summed E-state index contributed by atoms with van der Waals surface area (Å²) in [4.78, 5) is 30.6. The van der Waals surface area contributed by atoms with E-state index in [1.807, 2.05) is 16.8 Å². The quantitative estimate of drug-likeness (QED) is 0.473. The van der Waals surface area contributed by atoms with Crippen molar-refractivity contribution in [1.82, 2.24) is 24.5 Å². The molecular weight excluding hydrogens is 438 g/mol. The number of fused-ring (bicyclic) bond motifs is 2. The minimum atomic E-state index is -0.267. The highest BCUT2D eigenvalue weighted by Gasteiger charge is 2.93. The van der Waals surface area contributed by atoms with E-state index >= 15 is 0 Å². The number of ether oxygens (including phenoxy) is 2. The molecule has 5 heterocycles. The van der Waals surface area contributed by atoms with Crippen molar-refractivity contribution in [3.63, 3.8) is 0 Å². The van der Waals surface area contributed by atoms with E-state index in [1.54, 1.807) is 26.3 Å². The molecule has 3 saturated carbocycles. The zero-order chi connectivity index (χ0) is 23.2. The molecule has 2 aliphatic heterocycles. The summed E-state index contributed by atoms with van der Waals surface area (Å²) in [6.07, 6.45) is 5.35.